The molecule has 3 nitrogen and oxygen atoms in total. The highest BCUT2D eigenvalue weighted by Gasteiger charge is 2.55. The summed E-state index contributed by atoms with van der Waals surface area (Å²) < 4.78 is 13.6. The second kappa shape index (κ2) is 8.21. The van der Waals surface area contributed by atoms with E-state index in [0.717, 1.165) is 12.8 Å². The minimum absolute atomic E-state index is 0.00701. The molecular formula is C26H50O3Si2. The van der Waals surface area contributed by atoms with Gasteiger partial charge in [0, 0.05) is 18.4 Å². The van der Waals surface area contributed by atoms with Gasteiger partial charge in [-0.1, -0.05) is 67.9 Å². The normalized spacial score (nSPS) is 30.1. The number of allylic oxidation sites excluding steroid dienone is 1. The second-order valence-corrected chi connectivity index (χ2v) is 23.6. The first-order valence-electron chi connectivity index (χ1n) is 12.2. The summed E-state index contributed by atoms with van der Waals surface area (Å²) in [5.74, 6) is 0.513. The van der Waals surface area contributed by atoms with Crippen molar-refractivity contribution in [3.63, 3.8) is 0 Å². The van der Waals surface area contributed by atoms with Gasteiger partial charge in [0.1, 0.15) is 0 Å². The minimum Gasteiger partial charge on any atom is -0.417 e. The summed E-state index contributed by atoms with van der Waals surface area (Å²) in [6.45, 7) is 30.7. The predicted octanol–water partition coefficient (Wildman–Crippen LogP) is 7.74. The Morgan fingerprint density at radius 1 is 0.968 bits per heavy atom. The maximum absolute atomic E-state index is 12.9. The van der Waals surface area contributed by atoms with Crippen molar-refractivity contribution in [2.75, 3.05) is 6.61 Å². The topological polar surface area (TPSA) is 35.5 Å². The first-order valence-corrected chi connectivity index (χ1v) is 18.0. The van der Waals surface area contributed by atoms with Crippen LogP contribution in [0.15, 0.2) is 11.6 Å². The first-order chi connectivity index (χ1) is 13.7. The molecule has 0 aliphatic heterocycles. The highest BCUT2D eigenvalue weighted by Crippen LogP contribution is 2.58. The van der Waals surface area contributed by atoms with Crippen molar-refractivity contribution in [1.29, 1.82) is 0 Å². The number of carbonyl (C=O) groups is 1. The van der Waals surface area contributed by atoms with Gasteiger partial charge < -0.3 is 8.85 Å². The van der Waals surface area contributed by atoms with E-state index in [-0.39, 0.29) is 38.7 Å². The smallest absolute Gasteiger partial charge is 0.192 e. The third-order valence-corrected chi connectivity index (χ3v) is 18.4. The molecule has 0 aromatic rings. The maximum Gasteiger partial charge on any atom is 0.192 e. The molecule has 0 bridgehead atoms. The molecule has 0 N–H and O–H groups in total. The summed E-state index contributed by atoms with van der Waals surface area (Å²) in [6, 6.07) is 0. The SMILES string of the molecule is CC1(C)C2=CC(=O)C[C@H](CO[Si](C)(C)C(C)(C)C)[C@@]2(C)CC[C@@H]1O[Si](C)(C)C(C)(C)C. The highest BCUT2D eigenvalue weighted by atomic mass is 28.4. The lowest BCUT2D eigenvalue weighted by molar-refractivity contribution is -0.119. The molecule has 1 saturated carbocycles. The average Bonchev–Trinajstić information content (AvgIpc) is 2.55. The Labute approximate surface area is 195 Å². The third-order valence-electron chi connectivity index (χ3n) is 9.39. The van der Waals surface area contributed by atoms with Gasteiger partial charge >= 0.3 is 0 Å². The van der Waals surface area contributed by atoms with Crippen molar-refractivity contribution in [3.05, 3.63) is 11.6 Å². The van der Waals surface area contributed by atoms with Gasteiger partial charge in [-0.15, -0.1) is 0 Å². The fourth-order valence-corrected chi connectivity index (χ4v) is 7.33. The van der Waals surface area contributed by atoms with Crippen LogP contribution in [0.4, 0.5) is 0 Å². The van der Waals surface area contributed by atoms with Crippen molar-refractivity contribution >= 4 is 22.4 Å². The molecule has 1 fully saturated rings. The first kappa shape index (κ1) is 27.0. The van der Waals surface area contributed by atoms with Crippen molar-refractivity contribution in [2.45, 2.75) is 124 Å². The van der Waals surface area contributed by atoms with Gasteiger partial charge in [-0.2, -0.15) is 0 Å². The monoisotopic (exact) mass is 466 g/mol. The van der Waals surface area contributed by atoms with Crippen LogP contribution in [0.25, 0.3) is 0 Å². The number of rotatable bonds is 5. The summed E-state index contributed by atoms with van der Waals surface area (Å²) in [7, 11) is -3.74. The lowest BCUT2D eigenvalue weighted by atomic mass is 9.52. The van der Waals surface area contributed by atoms with Crippen LogP contribution in [0.1, 0.15) is 81.6 Å². The summed E-state index contributed by atoms with van der Waals surface area (Å²) in [4.78, 5) is 12.9. The Morgan fingerprint density at radius 2 is 1.48 bits per heavy atom. The summed E-state index contributed by atoms with van der Waals surface area (Å²) in [5, 5.41) is 0.360. The molecule has 0 unspecified atom stereocenters. The fraction of sp³-hybridized carbons (Fsp3) is 0.885. The van der Waals surface area contributed by atoms with Crippen LogP contribution in [0.2, 0.25) is 36.3 Å². The fourth-order valence-electron chi connectivity index (χ4n) is 4.81. The molecule has 0 heterocycles. The largest absolute Gasteiger partial charge is 0.417 e. The maximum atomic E-state index is 12.9. The van der Waals surface area contributed by atoms with E-state index in [1.54, 1.807) is 0 Å². The van der Waals surface area contributed by atoms with Crippen LogP contribution in [0, 0.1) is 16.7 Å². The number of hydrogen-bond acceptors (Lipinski definition) is 3. The van der Waals surface area contributed by atoms with E-state index in [1.807, 2.05) is 6.08 Å². The highest BCUT2D eigenvalue weighted by molar-refractivity contribution is 6.74. The lowest BCUT2D eigenvalue weighted by Gasteiger charge is -2.57. The Hall–Kier alpha value is -0.236. The Bertz CT molecular complexity index is 722. The second-order valence-electron chi connectivity index (χ2n) is 14.0. The average molecular weight is 467 g/mol. The molecule has 3 atom stereocenters. The van der Waals surface area contributed by atoms with E-state index in [0.29, 0.717) is 13.0 Å². The van der Waals surface area contributed by atoms with Gasteiger partial charge in [-0.3, -0.25) is 4.79 Å². The number of fused-ring (bicyclic) bond motifs is 1. The molecule has 0 amide bonds. The summed E-state index contributed by atoms with van der Waals surface area (Å²) >= 11 is 0. The zero-order valence-electron chi connectivity index (χ0n) is 22.8. The van der Waals surface area contributed by atoms with E-state index in [2.05, 4.69) is 88.5 Å². The van der Waals surface area contributed by atoms with E-state index in [1.165, 1.54) is 5.57 Å². The molecule has 2 rings (SSSR count). The van der Waals surface area contributed by atoms with Crippen molar-refractivity contribution in [2.24, 2.45) is 16.7 Å². The van der Waals surface area contributed by atoms with E-state index in [4.69, 9.17) is 8.85 Å². The Kier molecular flexibility index (Phi) is 7.15. The van der Waals surface area contributed by atoms with Crippen molar-refractivity contribution < 1.29 is 13.6 Å². The van der Waals surface area contributed by atoms with Crippen LogP contribution < -0.4 is 0 Å². The molecule has 0 spiro atoms. The zero-order chi connectivity index (χ0) is 24.3. The van der Waals surface area contributed by atoms with Crippen LogP contribution in [0.5, 0.6) is 0 Å². The van der Waals surface area contributed by atoms with Crippen LogP contribution >= 0.6 is 0 Å². The quantitative estimate of drug-likeness (QED) is 0.389. The van der Waals surface area contributed by atoms with E-state index < -0.39 is 16.6 Å². The van der Waals surface area contributed by atoms with E-state index >= 15 is 0 Å². The minimum atomic E-state index is -1.89. The van der Waals surface area contributed by atoms with Crippen molar-refractivity contribution in [3.8, 4) is 0 Å². The standard InChI is InChI=1S/C26H50O3Si2/c1-23(2,3)30(10,11)28-18-19-16-20(27)17-21-25(7,8)22(14-15-26(19,21)9)29-31(12,13)24(4,5)6/h17,19,22H,14-16,18H2,1-13H3/t19-,22+,26-/m1/s1. The zero-order valence-corrected chi connectivity index (χ0v) is 24.8. The molecule has 180 valence electrons. The molecule has 2 aliphatic rings. The summed E-state index contributed by atoms with van der Waals surface area (Å²) in [5.41, 5.74) is 1.16. The van der Waals surface area contributed by atoms with Gasteiger partial charge in [-0.05, 0) is 66.5 Å². The molecule has 0 saturated heterocycles. The van der Waals surface area contributed by atoms with Crippen molar-refractivity contribution in [1.82, 2.24) is 0 Å². The number of ketones is 1. The van der Waals surface area contributed by atoms with Crippen LogP contribution in [-0.2, 0) is 13.6 Å². The van der Waals surface area contributed by atoms with Gasteiger partial charge in [0.15, 0.2) is 22.4 Å². The molecule has 0 aromatic carbocycles. The number of hydrogen-bond donors (Lipinski definition) is 0. The molecule has 31 heavy (non-hydrogen) atoms. The van der Waals surface area contributed by atoms with Crippen LogP contribution in [-0.4, -0.2) is 35.1 Å². The van der Waals surface area contributed by atoms with Gasteiger partial charge in [0.05, 0.1) is 6.10 Å². The molecule has 5 heteroatoms. The molecular weight excluding hydrogens is 416 g/mol. The molecule has 2 aliphatic carbocycles. The van der Waals surface area contributed by atoms with Gasteiger partial charge in [0.2, 0.25) is 0 Å². The molecule has 0 aromatic heterocycles. The Morgan fingerprint density at radius 3 is 1.97 bits per heavy atom. The van der Waals surface area contributed by atoms with Crippen LogP contribution in [0.3, 0.4) is 0 Å². The summed E-state index contributed by atoms with van der Waals surface area (Å²) in [6.07, 6.45) is 4.88. The Balaban J connectivity index is 2.32. The lowest BCUT2D eigenvalue weighted by Crippen LogP contribution is -2.55. The number of carbonyl (C=O) groups excluding carboxylic acids is 1. The van der Waals surface area contributed by atoms with Gasteiger partial charge in [-0.25, -0.2) is 0 Å². The third kappa shape index (κ3) is 5.15. The molecule has 0 radical (unpaired) electrons. The van der Waals surface area contributed by atoms with Gasteiger partial charge in [0.25, 0.3) is 0 Å². The van der Waals surface area contributed by atoms with E-state index in [9.17, 15) is 4.79 Å². The predicted molar refractivity (Wildman–Crippen MR) is 138 cm³/mol.